The molecule has 4 aliphatic rings. The molecule has 0 aromatic rings. The molecule has 0 bridgehead atoms. The van der Waals surface area contributed by atoms with E-state index in [4.69, 9.17) is 4.74 Å². The van der Waals surface area contributed by atoms with E-state index in [1.807, 2.05) is 6.08 Å². The van der Waals surface area contributed by atoms with Gasteiger partial charge < -0.3 is 9.84 Å². The van der Waals surface area contributed by atoms with Crippen LogP contribution in [0, 0.1) is 34.5 Å². The van der Waals surface area contributed by atoms with Crippen LogP contribution in [0.3, 0.4) is 0 Å². The van der Waals surface area contributed by atoms with Gasteiger partial charge in [0.15, 0.2) is 5.78 Å². The van der Waals surface area contributed by atoms with Crippen LogP contribution in [0.15, 0.2) is 11.6 Å². The molecule has 0 aromatic carbocycles. The van der Waals surface area contributed by atoms with E-state index in [1.165, 1.54) is 5.57 Å². The maximum absolute atomic E-state index is 12.4. The van der Waals surface area contributed by atoms with E-state index in [1.54, 1.807) is 6.92 Å². The molecule has 3 saturated carbocycles. The van der Waals surface area contributed by atoms with Crippen molar-refractivity contribution in [2.75, 3.05) is 13.2 Å². The molecule has 27 heavy (non-hydrogen) atoms. The van der Waals surface area contributed by atoms with Gasteiger partial charge in [-0.3, -0.25) is 9.59 Å². The first-order valence-corrected chi connectivity index (χ1v) is 10.8. The van der Waals surface area contributed by atoms with Crippen molar-refractivity contribution in [2.24, 2.45) is 34.5 Å². The Bertz CT molecular complexity index is 667. The number of carbonyl (C=O) groups is 2. The standard InChI is InChI=1S/C23H34O4/c1-14(25)18-6-7-19-17-5-4-15-12-16(26)8-9-22(15,2)21(17)20(27-11-10-24)13-23(18,19)3/h12,17-21,24H,4-11,13H2,1-3H3/t17-,18+,19-,20+,21+,22-,23+/m0/s1. The molecule has 7 atom stereocenters. The number of aliphatic hydroxyl groups excluding tert-OH is 1. The van der Waals surface area contributed by atoms with Gasteiger partial charge in [0, 0.05) is 12.3 Å². The average molecular weight is 375 g/mol. The maximum Gasteiger partial charge on any atom is 0.155 e. The first-order valence-electron chi connectivity index (χ1n) is 10.8. The van der Waals surface area contributed by atoms with Gasteiger partial charge in [-0.2, -0.15) is 0 Å². The van der Waals surface area contributed by atoms with Gasteiger partial charge in [-0.25, -0.2) is 0 Å². The molecule has 4 aliphatic carbocycles. The van der Waals surface area contributed by atoms with Crippen LogP contribution in [-0.2, 0) is 14.3 Å². The minimum atomic E-state index is 0.00911. The van der Waals surface area contributed by atoms with Crippen LogP contribution in [0.25, 0.3) is 0 Å². The van der Waals surface area contributed by atoms with Crippen molar-refractivity contribution >= 4 is 11.6 Å². The summed E-state index contributed by atoms with van der Waals surface area (Å²) in [5.74, 6) is 2.24. The Labute approximate surface area is 162 Å². The minimum Gasteiger partial charge on any atom is -0.394 e. The third-order valence-electron chi connectivity index (χ3n) is 8.79. The smallest absolute Gasteiger partial charge is 0.155 e. The van der Waals surface area contributed by atoms with Crippen LogP contribution in [0.2, 0.25) is 0 Å². The topological polar surface area (TPSA) is 63.6 Å². The summed E-state index contributed by atoms with van der Waals surface area (Å²) in [4.78, 5) is 24.4. The molecule has 0 amide bonds. The largest absolute Gasteiger partial charge is 0.394 e. The molecule has 4 nitrogen and oxygen atoms in total. The second kappa shape index (κ2) is 6.81. The number of hydrogen-bond donors (Lipinski definition) is 1. The molecule has 0 aromatic heterocycles. The summed E-state index contributed by atoms with van der Waals surface area (Å²) in [6, 6.07) is 0. The van der Waals surface area contributed by atoms with Crippen molar-refractivity contribution in [3.63, 3.8) is 0 Å². The molecule has 0 saturated heterocycles. The first kappa shape index (κ1) is 19.3. The number of carbonyl (C=O) groups excluding carboxylic acids is 2. The predicted octanol–water partition coefficient (Wildman–Crippen LogP) is 3.71. The maximum atomic E-state index is 12.4. The van der Waals surface area contributed by atoms with E-state index < -0.39 is 0 Å². The third kappa shape index (κ3) is 2.86. The number of hydrogen-bond acceptors (Lipinski definition) is 4. The van der Waals surface area contributed by atoms with Crippen molar-refractivity contribution in [1.29, 1.82) is 0 Å². The van der Waals surface area contributed by atoms with Gasteiger partial charge in [-0.1, -0.05) is 19.4 Å². The Morgan fingerprint density at radius 2 is 2.04 bits per heavy atom. The van der Waals surface area contributed by atoms with Gasteiger partial charge in [0.2, 0.25) is 0 Å². The van der Waals surface area contributed by atoms with Crippen LogP contribution in [0.4, 0.5) is 0 Å². The molecular weight excluding hydrogens is 340 g/mol. The molecule has 0 heterocycles. The zero-order valence-electron chi connectivity index (χ0n) is 17.0. The summed E-state index contributed by atoms with van der Waals surface area (Å²) in [6.07, 6.45) is 8.68. The van der Waals surface area contributed by atoms with Gasteiger partial charge in [0.25, 0.3) is 0 Å². The Morgan fingerprint density at radius 3 is 2.74 bits per heavy atom. The number of allylic oxidation sites excluding steroid dienone is 1. The SMILES string of the molecule is CC(=O)[C@H]1CC[C@H]2[C@@H]3CCC4=CC(=O)CC[C@]4(C)[C@H]3[C@H](OCCO)C[C@]12C. The Balaban J connectivity index is 1.74. The highest BCUT2D eigenvalue weighted by atomic mass is 16.5. The highest BCUT2D eigenvalue weighted by Gasteiger charge is 2.63. The monoisotopic (exact) mass is 374 g/mol. The molecule has 0 aliphatic heterocycles. The molecule has 0 radical (unpaired) electrons. The second-order valence-corrected chi connectivity index (χ2v) is 9.97. The Kier molecular flexibility index (Phi) is 4.87. The van der Waals surface area contributed by atoms with E-state index >= 15 is 0 Å². The quantitative estimate of drug-likeness (QED) is 0.815. The number of aliphatic hydroxyl groups is 1. The molecule has 0 unspecified atom stereocenters. The van der Waals surface area contributed by atoms with E-state index in [9.17, 15) is 14.7 Å². The summed E-state index contributed by atoms with van der Waals surface area (Å²) in [7, 11) is 0. The number of rotatable bonds is 4. The minimum absolute atomic E-state index is 0.00911. The number of fused-ring (bicyclic) bond motifs is 5. The van der Waals surface area contributed by atoms with Crippen molar-refractivity contribution in [3.05, 3.63) is 11.6 Å². The summed E-state index contributed by atoms with van der Waals surface area (Å²) < 4.78 is 6.27. The van der Waals surface area contributed by atoms with E-state index in [0.717, 1.165) is 38.5 Å². The lowest BCUT2D eigenvalue weighted by atomic mass is 9.46. The van der Waals surface area contributed by atoms with Gasteiger partial charge in [-0.05, 0) is 80.1 Å². The van der Waals surface area contributed by atoms with Gasteiger partial charge in [0.05, 0.1) is 19.3 Å². The van der Waals surface area contributed by atoms with Gasteiger partial charge >= 0.3 is 0 Å². The zero-order valence-corrected chi connectivity index (χ0v) is 17.0. The fourth-order valence-corrected chi connectivity index (χ4v) is 7.68. The lowest BCUT2D eigenvalue weighted by molar-refractivity contribution is -0.160. The Hall–Kier alpha value is -1.00. The van der Waals surface area contributed by atoms with Crippen molar-refractivity contribution < 1.29 is 19.4 Å². The molecule has 150 valence electrons. The summed E-state index contributed by atoms with van der Waals surface area (Å²) in [6.45, 7) is 6.80. The predicted molar refractivity (Wildman–Crippen MR) is 103 cm³/mol. The number of ketones is 2. The third-order valence-corrected chi connectivity index (χ3v) is 8.79. The zero-order chi connectivity index (χ0) is 19.4. The van der Waals surface area contributed by atoms with Gasteiger partial charge in [-0.15, -0.1) is 0 Å². The van der Waals surface area contributed by atoms with Crippen molar-refractivity contribution in [1.82, 2.24) is 0 Å². The fourth-order valence-electron chi connectivity index (χ4n) is 7.68. The highest BCUT2D eigenvalue weighted by Crippen LogP contribution is 2.67. The van der Waals surface area contributed by atoms with Crippen LogP contribution in [0.1, 0.15) is 65.7 Å². The second-order valence-electron chi connectivity index (χ2n) is 9.97. The average Bonchev–Trinajstić information content (AvgIpc) is 2.97. The summed E-state index contributed by atoms with van der Waals surface area (Å²) >= 11 is 0. The fraction of sp³-hybridized carbons (Fsp3) is 0.826. The molecule has 0 spiro atoms. The normalized spacial score (nSPS) is 46.3. The lowest BCUT2D eigenvalue weighted by Crippen LogP contribution is -2.57. The molecule has 4 heteroatoms. The van der Waals surface area contributed by atoms with Crippen LogP contribution >= 0.6 is 0 Å². The van der Waals surface area contributed by atoms with Crippen molar-refractivity contribution in [2.45, 2.75) is 71.8 Å². The van der Waals surface area contributed by atoms with Crippen molar-refractivity contribution in [3.8, 4) is 0 Å². The van der Waals surface area contributed by atoms with Crippen LogP contribution in [-0.4, -0.2) is 36.0 Å². The Morgan fingerprint density at radius 1 is 1.26 bits per heavy atom. The molecule has 3 fully saturated rings. The number of ether oxygens (including phenoxy) is 1. The van der Waals surface area contributed by atoms with Crippen LogP contribution < -0.4 is 0 Å². The summed E-state index contributed by atoms with van der Waals surface area (Å²) in [5.41, 5.74) is 1.35. The van der Waals surface area contributed by atoms with E-state index in [-0.39, 0.29) is 35.2 Å². The number of Topliss-reactive ketones (excluding diaryl/α,β-unsaturated/α-hetero) is 1. The highest BCUT2D eigenvalue weighted by molar-refractivity contribution is 5.91. The van der Waals surface area contributed by atoms with E-state index in [2.05, 4.69) is 13.8 Å². The molecular formula is C23H34O4. The van der Waals surface area contributed by atoms with Gasteiger partial charge in [0.1, 0.15) is 5.78 Å². The summed E-state index contributed by atoms with van der Waals surface area (Å²) in [5, 5.41) is 9.38. The van der Waals surface area contributed by atoms with E-state index in [0.29, 0.717) is 36.6 Å². The lowest BCUT2D eigenvalue weighted by Gasteiger charge is -2.60. The molecule has 4 rings (SSSR count). The first-order chi connectivity index (χ1) is 12.8. The van der Waals surface area contributed by atoms with Crippen LogP contribution in [0.5, 0.6) is 0 Å². The molecule has 1 N–H and O–H groups in total.